The van der Waals surface area contributed by atoms with E-state index in [0.29, 0.717) is 11.8 Å². The number of aliphatic hydroxyl groups excluding tert-OH is 1. The fourth-order valence-corrected chi connectivity index (χ4v) is 7.00. The van der Waals surface area contributed by atoms with Crippen LogP contribution in [0.3, 0.4) is 0 Å². The van der Waals surface area contributed by atoms with Crippen LogP contribution in [-0.2, 0) is 9.53 Å². The normalized spacial score (nSPS) is 33.3. The fraction of sp³-hybridized carbons (Fsp3) is 0.577. The van der Waals surface area contributed by atoms with E-state index in [2.05, 4.69) is 49.5 Å². The SMILES string of the molecule is COc1ccc2cc([C@H]3OCC[C@@]45C[C@@H](C[C@H]34)C(C)(C)[C@H]5NC(=O)CCO)ccc2c1. The van der Waals surface area contributed by atoms with Gasteiger partial charge in [0.25, 0.3) is 0 Å². The lowest BCUT2D eigenvalue weighted by Gasteiger charge is -2.53. The number of benzene rings is 2. The zero-order valence-electron chi connectivity index (χ0n) is 18.7. The number of hydrogen-bond acceptors (Lipinski definition) is 4. The van der Waals surface area contributed by atoms with Gasteiger partial charge in [0.1, 0.15) is 5.75 Å². The number of amides is 1. The minimum absolute atomic E-state index is 0.0380. The lowest BCUT2D eigenvalue weighted by atomic mass is 9.58. The zero-order chi connectivity index (χ0) is 21.8. The minimum atomic E-state index is -0.105. The zero-order valence-corrected chi connectivity index (χ0v) is 18.7. The van der Waals surface area contributed by atoms with Gasteiger partial charge in [0, 0.05) is 19.1 Å². The number of rotatable bonds is 5. The maximum absolute atomic E-state index is 12.5. The Kier molecular flexibility index (Phi) is 5.02. The fourth-order valence-electron chi connectivity index (χ4n) is 7.00. The number of aliphatic hydroxyl groups is 1. The molecule has 1 aliphatic heterocycles. The molecule has 5 nitrogen and oxygen atoms in total. The third-order valence-corrected chi connectivity index (χ3v) is 8.55. The second kappa shape index (κ2) is 7.49. The summed E-state index contributed by atoms with van der Waals surface area (Å²) in [5, 5.41) is 14.9. The maximum atomic E-state index is 12.5. The smallest absolute Gasteiger partial charge is 0.222 e. The van der Waals surface area contributed by atoms with Gasteiger partial charge in [0.05, 0.1) is 19.8 Å². The number of fused-ring (bicyclic) bond motifs is 2. The standard InChI is InChI=1S/C26H33NO4/c1-25(2)19-14-21-23(18-5-4-17-13-20(30-3)7-6-16(17)12-18)31-11-9-26(21,15-19)24(25)27-22(29)8-10-28/h4-7,12-13,19,21,23-24,28H,8-11,14-15H2,1-3H3,(H,27,29)/t19-,21-,23-,24-,26-/m1/s1. The van der Waals surface area contributed by atoms with Crippen molar-refractivity contribution in [1.82, 2.24) is 5.32 Å². The van der Waals surface area contributed by atoms with Gasteiger partial charge in [0.15, 0.2) is 0 Å². The summed E-state index contributed by atoms with van der Waals surface area (Å²) >= 11 is 0. The van der Waals surface area contributed by atoms with Crippen LogP contribution in [-0.4, -0.2) is 37.4 Å². The van der Waals surface area contributed by atoms with Gasteiger partial charge in [-0.3, -0.25) is 4.79 Å². The quantitative estimate of drug-likeness (QED) is 0.755. The number of carbonyl (C=O) groups is 1. The van der Waals surface area contributed by atoms with Gasteiger partial charge in [-0.1, -0.05) is 32.0 Å². The van der Waals surface area contributed by atoms with Crippen molar-refractivity contribution in [2.45, 2.75) is 51.7 Å². The highest BCUT2D eigenvalue weighted by Gasteiger charge is 2.68. The number of ether oxygens (including phenoxy) is 2. The first kappa shape index (κ1) is 20.8. The molecule has 2 aromatic carbocycles. The van der Waals surface area contributed by atoms with Crippen molar-refractivity contribution >= 4 is 16.7 Å². The summed E-state index contributed by atoms with van der Waals surface area (Å²) in [6.45, 7) is 5.23. The van der Waals surface area contributed by atoms with Gasteiger partial charge >= 0.3 is 0 Å². The number of hydrogen-bond donors (Lipinski definition) is 2. The van der Waals surface area contributed by atoms with E-state index in [1.807, 2.05) is 6.07 Å². The number of nitrogens with one attached hydrogen (secondary N) is 1. The molecule has 1 heterocycles. The monoisotopic (exact) mass is 423 g/mol. The van der Waals surface area contributed by atoms with Crippen molar-refractivity contribution in [2.24, 2.45) is 22.7 Å². The summed E-state index contributed by atoms with van der Waals surface area (Å²) in [6.07, 6.45) is 3.51. The number of methoxy groups -OCH3 is 1. The molecule has 1 saturated heterocycles. The molecule has 3 aliphatic rings. The van der Waals surface area contributed by atoms with E-state index in [1.54, 1.807) is 7.11 Å². The van der Waals surface area contributed by atoms with Crippen LogP contribution in [0.2, 0.25) is 0 Å². The third-order valence-electron chi connectivity index (χ3n) is 8.55. The molecule has 0 radical (unpaired) electrons. The maximum Gasteiger partial charge on any atom is 0.222 e. The van der Waals surface area contributed by atoms with Crippen molar-refractivity contribution in [3.05, 3.63) is 42.0 Å². The van der Waals surface area contributed by atoms with E-state index in [1.165, 1.54) is 10.9 Å². The first-order chi connectivity index (χ1) is 14.9. The first-order valence-corrected chi connectivity index (χ1v) is 11.5. The van der Waals surface area contributed by atoms with E-state index in [-0.39, 0.29) is 41.9 Å². The molecule has 2 bridgehead atoms. The molecule has 2 saturated carbocycles. The summed E-state index contributed by atoms with van der Waals surface area (Å²) in [5.74, 6) is 1.80. The minimum Gasteiger partial charge on any atom is -0.497 e. The predicted octanol–water partition coefficient (Wildman–Crippen LogP) is 4.23. The topological polar surface area (TPSA) is 67.8 Å². The van der Waals surface area contributed by atoms with Crippen LogP contribution in [0.15, 0.2) is 36.4 Å². The van der Waals surface area contributed by atoms with Crippen LogP contribution in [0.25, 0.3) is 10.8 Å². The Morgan fingerprint density at radius 2 is 2.00 bits per heavy atom. The second-order valence-electron chi connectivity index (χ2n) is 10.3. The molecule has 5 rings (SSSR count). The van der Waals surface area contributed by atoms with Gasteiger partial charge < -0.3 is 19.9 Å². The Bertz CT molecular complexity index is 1000. The van der Waals surface area contributed by atoms with Crippen LogP contribution < -0.4 is 10.1 Å². The highest BCUT2D eigenvalue weighted by molar-refractivity contribution is 5.84. The molecular formula is C26H33NO4. The molecule has 2 N–H and O–H groups in total. The van der Waals surface area contributed by atoms with Gasteiger partial charge in [-0.15, -0.1) is 0 Å². The molecule has 2 aliphatic carbocycles. The average molecular weight is 424 g/mol. The molecule has 1 spiro atoms. The number of carbonyl (C=O) groups excluding carboxylic acids is 1. The summed E-state index contributed by atoms with van der Waals surface area (Å²) in [4.78, 5) is 12.5. The van der Waals surface area contributed by atoms with Crippen molar-refractivity contribution in [1.29, 1.82) is 0 Å². The van der Waals surface area contributed by atoms with Crippen LogP contribution in [0.5, 0.6) is 5.75 Å². The molecule has 1 amide bonds. The molecule has 5 heteroatoms. The average Bonchev–Trinajstić information content (AvgIpc) is 3.25. The Morgan fingerprint density at radius 1 is 1.23 bits per heavy atom. The Balaban J connectivity index is 1.48. The Labute approximate surface area is 184 Å². The van der Waals surface area contributed by atoms with Gasteiger partial charge in [-0.2, -0.15) is 0 Å². The van der Waals surface area contributed by atoms with Crippen molar-refractivity contribution in [2.75, 3.05) is 20.3 Å². The third kappa shape index (κ3) is 3.16. The predicted molar refractivity (Wildman–Crippen MR) is 120 cm³/mol. The Hall–Kier alpha value is -2.11. The summed E-state index contributed by atoms with van der Waals surface area (Å²) in [7, 11) is 1.69. The summed E-state index contributed by atoms with van der Waals surface area (Å²) < 4.78 is 11.8. The second-order valence-corrected chi connectivity index (χ2v) is 10.3. The largest absolute Gasteiger partial charge is 0.497 e. The molecular weight excluding hydrogens is 390 g/mol. The molecule has 5 atom stereocenters. The highest BCUT2D eigenvalue weighted by atomic mass is 16.5. The molecule has 31 heavy (non-hydrogen) atoms. The van der Waals surface area contributed by atoms with Gasteiger partial charge in [-0.25, -0.2) is 0 Å². The van der Waals surface area contributed by atoms with Crippen molar-refractivity contribution < 1.29 is 19.4 Å². The van der Waals surface area contributed by atoms with E-state index in [4.69, 9.17) is 9.47 Å². The van der Waals surface area contributed by atoms with Crippen molar-refractivity contribution in [3.63, 3.8) is 0 Å². The van der Waals surface area contributed by atoms with Crippen molar-refractivity contribution in [3.8, 4) is 5.75 Å². The van der Waals surface area contributed by atoms with Crippen LogP contribution in [0.1, 0.15) is 51.2 Å². The van der Waals surface area contributed by atoms with E-state index in [9.17, 15) is 9.90 Å². The molecule has 3 fully saturated rings. The lowest BCUT2D eigenvalue weighted by Crippen LogP contribution is -2.59. The first-order valence-electron chi connectivity index (χ1n) is 11.5. The van der Waals surface area contributed by atoms with Gasteiger partial charge in [-0.05, 0) is 76.5 Å². The molecule has 2 aromatic rings. The van der Waals surface area contributed by atoms with E-state index >= 15 is 0 Å². The molecule has 0 aromatic heterocycles. The van der Waals surface area contributed by atoms with Crippen LogP contribution >= 0.6 is 0 Å². The summed E-state index contributed by atoms with van der Waals surface area (Å²) in [6, 6.07) is 12.9. The lowest BCUT2D eigenvalue weighted by molar-refractivity contribution is -0.137. The van der Waals surface area contributed by atoms with Gasteiger partial charge in [0.2, 0.25) is 5.91 Å². The summed E-state index contributed by atoms with van der Waals surface area (Å²) in [5.41, 5.74) is 1.35. The van der Waals surface area contributed by atoms with Crippen LogP contribution in [0, 0.1) is 22.7 Å². The molecule has 166 valence electrons. The van der Waals surface area contributed by atoms with Crippen LogP contribution in [0.4, 0.5) is 0 Å². The Morgan fingerprint density at radius 3 is 2.77 bits per heavy atom. The van der Waals surface area contributed by atoms with E-state index < -0.39 is 0 Å². The van der Waals surface area contributed by atoms with E-state index in [0.717, 1.165) is 37.0 Å². The molecule has 0 unspecified atom stereocenters. The highest BCUT2D eigenvalue weighted by Crippen LogP contribution is 2.70.